The normalized spacial score (nSPS) is 17.1. The Bertz CT molecular complexity index is 333. The van der Waals surface area contributed by atoms with Crippen molar-refractivity contribution in [1.29, 1.82) is 0 Å². The molecule has 0 saturated heterocycles. The predicted octanol–water partition coefficient (Wildman–Crippen LogP) is 2.81. The molecule has 0 bridgehead atoms. The molecule has 0 aromatic heterocycles. The molecule has 2 rings (SSSR count). The summed E-state index contributed by atoms with van der Waals surface area (Å²) in [5, 5.41) is 12.7. The van der Waals surface area contributed by atoms with E-state index in [2.05, 4.69) is 36.5 Å². The summed E-state index contributed by atoms with van der Waals surface area (Å²) in [5.74, 6) is 0. The van der Waals surface area contributed by atoms with Crippen LogP contribution in [-0.2, 0) is 6.54 Å². The third kappa shape index (κ3) is 3.70. The maximum absolute atomic E-state index is 9.06. The molecule has 3 heteroatoms. The molecule has 1 aromatic rings. The maximum Gasteiger partial charge on any atom is 0.0448 e. The lowest BCUT2D eigenvalue weighted by atomic mass is 9.74. The number of hydrogen-bond donors (Lipinski definition) is 2. The van der Waals surface area contributed by atoms with E-state index in [4.69, 9.17) is 5.11 Å². The van der Waals surface area contributed by atoms with Crippen LogP contribution in [0, 0.1) is 6.92 Å². The van der Waals surface area contributed by atoms with E-state index in [1.54, 1.807) is 0 Å². The van der Waals surface area contributed by atoms with Crippen LogP contribution in [-0.4, -0.2) is 17.3 Å². The molecule has 0 unspecified atom stereocenters. The molecule has 0 heterocycles. The van der Waals surface area contributed by atoms with Gasteiger partial charge in [-0.15, -0.1) is 12.4 Å². The summed E-state index contributed by atoms with van der Waals surface area (Å²) in [6.45, 7) is 3.32. The minimum atomic E-state index is 0. The van der Waals surface area contributed by atoms with Gasteiger partial charge in [-0.05, 0) is 38.2 Å². The molecule has 2 nitrogen and oxygen atoms in total. The van der Waals surface area contributed by atoms with Crippen LogP contribution in [0.2, 0.25) is 0 Å². The molecular formula is C14H22ClNO. The quantitative estimate of drug-likeness (QED) is 0.848. The number of aliphatic hydroxyl groups is 1. The van der Waals surface area contributed by atoms with Crippen molar-refractivity contribution in [3.8, 4) is 0 Å². The number of rotatable bonds is 5. The van der Waals surface area contributed by atoms with E-state index in [1.165, 1.54) is 30.4 Å². The van der Waals surface area contributed by atoms with Gasteiger partial charge in [0.05, 0.1) is 0 Å². The van der Waals surface area contributed by atoms with Gasteiger partial charge in [-0.2, -0.15) is 0 Å². The topological polar surface area (TPSA) is 32.3 Å². The van der Waals surface area contributed by atoms with Crippen molar-refractivity contribution in [2.24, 2.45) is 0 Å². The molecule has 1 fully saturated rings. The molecule has 17 heavy (non-hydrogen) atoms. The minimum Gasteiger partial charge on any atom is -0.396 e. The Morgan fingerprint density at radius 3 is 2.35 bits per heavy atom. The number of hydrogen-bond acceptors (Lipinski definition) is 2. The van der Waals surface area contributed by atoms with Crippen molar-refractivity contribution in [3.05, 3.63) is 35.4 Å². The maximum atomic E-state index is 9.06. The first-order valence-corrected chi connectivity index (χ1v) is 6.16. The fourth-order valence-corrected chi connectivity index (χ4v) is 2.33. The SMILES string of the molecule is Cc1ccc(CNC2(CCO)CCC2)cc1.Cl. The number of nitrogens with one attached hydrogen (secondary N) is 1. The third-order valence-electron chi connectivity index (χ3n) is 3.69. The average molecular weight is 256 g/mol. The molecule has 1 aliphatic rings. The molecule has 96 valence electrons. The third-order valence-corrected chi connectivity index (χ3v) is 3.69. The highest BCUT2D eigenvalue weighted by Gasteiger charge is 2.35. The monoisotopic (exact) mass is 255 g/mol. The molecule has 1 saturated carbocycles. The molecule has 0 amide bonds. The van der Waals surface area contributed by atoms with E-state index in [9.17, 15) is 0 Å². The van der Waals surface area contributed by atoms with Crippen LogP contribution in [0.5, 0.6) is 0 Å². The van der Waals surface area contributed by atoms with Gasteiger partial charge in [-0.25, -0.2) is 0 Å². The van der Waals surface area contributed by atoms with Gasteiger partial charge in [0.1, 0.15) is 0 Å². The van der Waals surface area contributed by atoms with Gasteiger partial charge in [0, 0.05) is 18.7 Å². The van der Waals surface area contributed by atoms with E-state index in [0.29, 0.717) is 6.61 Å². The Morgan fingerprint density at radius 1 is 1.24 bits per heavy atom. The van der Waals surface area contributed by atoms with E-state index >= 15 is 0 Å². The summed E-state index contributed by atoms with van der Waals surface area (Å²) < 4.78 is 0. The summed E-state index contributed by atoms with van der Waals surface area (Å²) in [4.78, 5) is 0. The Balaban J connectivity index is 0.00000144. The average Bonchev–Trinajstić information content (AvgIpc) is 2.24. The molecule has 0 atom stereocenters. The second-order valence-corrected chi connectivity index (χ2v) is 4.95. The van der Waals surface area contributed by atoms with Crippen LogP contribution in [0.25, 0.3) is 0 Å². The zero-order valence-corrected chi connectivity index (χ0v) is 11.2. The van der Waals surface area contributed by atoms with Gasteiger partial charge >= 0.3 is 0 Å². The zero-order chi connectivity index (χ0) is 11.4. The zero-order valence-electron chi connectivity index (χ0n) is 10.4. The van der Waals surface area contributed by atoms with Crippen LogP contribution in [0.15, 0.2) is 24.3 Å². The number of aliphatic hydroxyl groups excluding tert-OH is 1. The first kappa shape index (κ1) is 14.5. The largest absolute Gasteiger partial charge is 0.396 e. The fraction of sp³-hybridized carbons (Fsp3) is 0.571. The van der Waals surface area contributed by atoms with Gasteiger partial charge in [0.2, 0.25) is 0 Å². The van der Waals surface area contributed by atoms with E-state index in [1.807, 2.05) is 0 Å². The lowest BCUT2D eigenvalue weighted by molar-refractivity contribution is 0.130. The Labute approximate surface area is 110 Å². The Kier molecular flexibility index (Phi) is 5.44. The lowest BCUT2D eigenvalue weighted by Crippen LogP contribution is -2.51. The Morgan fingerprint density at radius 2 is 1.88 bits per heavy atom. The van der Waals surface area contributed by atoms with E-state index < -0.39 is 0 Å². The molecule has 1 aliphatic carbocycles. The first-order valence-electron chi connectivity index (χ1n) is 6.16. The highest BCUT2D eigenvalue weighted by molar-refractivity contribution is 5.85. The van der Waals surface area contributed by atoms with E-state index in [-0.39, 0.29) is 17.9 Å². The first-order chi connectivity index (χ1) is 7.74. The highest BCUT2D eigenvalue weighted by atomic mass is 35.5. The van der Waals surface area contributed by atoms with Gasteiger partial charge in [0.15, 0.2) is 0 Å². The number of aryl methyl sites for hydroxylation is 1. The molecule has 2 N–H and O–H groups in total. The van der Waals surface area contributed by atoms with Gasteiger partial charge in [0.25, 0.3) is 0 Å². The van der Waals surface area contributed by atoms with Crippen LogP contribution in [0.1, 0.15) is 36.8 Å². The fourth-order valence-electron chi connectivity index (χ4n) is 2.33. The van der Waals surface area contributed by atoms with Crippen LogP contribution in [0.4, 0.5) is 0 Å². The Hall–Kier alpha value is -0.570. The van der Waals surface area contributed by atoms with Crippen molar-refractivity contribution >= 4 is 12.4 Å². The van der Waals surface area contributed by atoms with Crippen LogP contribution >= 0.6 is 12.4 Å². The predicted molar refractivity (Wildman–Crippen MR) is 73.6 cm³/mol. The summed E-state index contributed by atoms with van der Waals surface area (Å²) in [6.07, 6.45) is 4.60. The van der Waals surface area contributed by atoms with Crippen molar-refractivity contribution < 1.29 is 5.11 Å². The molecule has 0 aliphatic heterocycles. The summed E-state index contributed by atoms with van der Waals surface area (Å²) in [6, 6.07) is 8.65. The second kappa shape index (κ2) is 6.39. The van der Waals surface area contributed by atoms with Crippen LogP contribution in [0.3, 0.4) is 0 Å². The molecule has 0 spiro atoms. The lowest BCUT2D eigenvalue weighted by Gasteiger charge is -2.42. The summed E-state index contributed by atoms with van der Waals surface area (Å²) in [5.41, 5.74) is 2.85. The minimum absolute atomic E-state index is 0. The molecular weight excluding hydrogens is 234 g/mol. The van der Waals surface area contributed by atoms with Crippen molar-refractivity contribution in [3.63, 3.8) is 0 Å². The number of halogens is 1. The van der Waals surface area contributed by atoms with Crippen molar-refractivity contribution in [2.45, 2.75) is 44.7 Å². The summed E-state index contributed by atoms with van der Waals surface area (Å²) in [7, 11) is 0. The smallest absolute Gasteiger partial charge is 0.0448 e. The van der Waals surface area contributed by atoms with Gasteiger partial charge < -0.3 is 10.4 Å². The highest BCUT2D eigenvalue weighted by Crippen LogP contribution is 2.34. The van der Waals surface area contributed by atoms with Crippen molar-refractivity contribution in [1.82, 2.24) is 5.32 Å². The van der Waals surface area contributed by atoms with E-state index in [0.717, 1.165) is 13.0 Å². The standard InChI is InChI=1S/C14H21NO.ClH/c1-12-3-5-13(6-4-12)11-15-14(9-10-16)7-2-8-14;/h3-6,15-16H,2,7-11H2,1H3;1H. The van der Waals surface area contributed by atoms with Crippen molar-refractivity contribution in [2.75, 3.05) is 6.61 Å². The van der Waals surface area contributed by atoms with Gasteiger partial charge in [-0.1, -0.05) is 29.8 Å². The van der Waals surface area contributed by atoms with Gasteiger partial charge in [-0.3, -0.25) is 0 Å². The molecule has 1 aromatic carbocycles. The second-order valence-electron chi connectivity index (χ2n) is 4.95. The van der Waals surface area contributed by atoms with Crippen LogP contribution < -0.4 is 5.32 Å². The summed E-state index contributed by atoms with van der Waals surface area (Å²) >= 11 is 0. The number of benzene rings is 1. The molecule has 0 radical (unpaired) electrons.